The van der Waals surface area contributed by atoms with E-state index in [9.17, 15) is 13.2 Å². The van der Waals surface area contributed by atoms with E-state index >= 15 is 0 Å². The lowest BCUT2D eigenvalue weighted by Gasteiger charge is -2.31. The minimum atomic E-state index is -3.22. The van der Waals surface area contributed by atoms with Gasteiger partial charge in [0.1, 0.15) is 0 Å². The van der Waals surface area contributed by atoms with E-state index in [2.05, 4.69) is 10.3 Å². The van der Waals surface area contributed by atoms with Gasteiger partial charge >= 0.3 is 0 Å². The van der Waals surface area contributed by atoms with Crippen molar-refractivity contribution in [3.8, 4) is 0 Å². The van der Waals surface area contributed by atoms with Crippen LogP contribution >= 0.6 is 0 Å². The summed E-state index contributed by atoms with van der Waals surface area (Å²) in [5, 5.41) is 2.80. The Hall–Kier alpha value is -1.55. The number of aromatic nitrogens is 1. The summed E-state index contributed by atoms with van der Waals surface area (Å²) in [6.45, 7) is 2.18. The van der Waals surface area contributed by atoms with Gasteiger partial charge in [0.15, 0.2) is 0 Å². The first-order valence-corrected chi connectivity index (χ1v) is 9.60. The number of pyridine rings is 1. The predicted octanol–water partition coefficient (Wildman–Crippen LogP) is -0.710. The molecule has 1 saturated heterocycles. The normalized spacial score (nSPS) is 19.4. The largest absolute Gasteiger partial charge is 0.374 e. The molecule has 8 nitrogen and oxygen atoms in total. The Morgan fingerprint density at radius 2 is 2.17 bits per heavy atom. The predicted molar refractivity (Wildman–Crippen MR) is 89.7 cm³/mol. The van der Waals surface area contributed by atoms with Crippen molar-refractivity contribution in [2.45, 2.75) is 12.6 Å². The number of amides is 1. The quantitative estimate of drug-likeness (QED) is 0.694. The molecule has 1 amide bonds. The molecule has 2 heterocycles. The third-order valence-corrected chi connectivity index (χ3v) is 4.98. The minimum Gasteiger partial charge on any atom is -0.374 e. The summed E-state index contributed by atoms with van der Waals surface area (Å²) in [6.07, 6.45) is 4.30. The third kappa shape index (κ3) is 6.16. The van der Waals surface area contributed by atoms with Gasteiger partial charge in [-0.25, -0.2) is 8.42 Å². The summed E-state index contributed by atoms with van der Waals surface area (Å²) < 4.78 is 30.0. The van der Waals surface area contributed by atoms with Gasteiger partial charge < -0.3 is 10.1 Å². The molecule has 0 aromatic carbocycles. The Balaban J connectivity index is 1.72. The van der Waals surface area contributed by atoms with Crippen LogP contribution in [0.4, 0.5) is 0 Å². The zero-order chi connectivity index (χ0) is 17.6. The molecule has 2 rings (SSSR count). The zero-order valence-corrected chi connectivity index (χ0v) is 14.8. The van der Waals surface area contributed by atoms with Crippen LogP contribution < -0.4 is 5.32 Å². The van der Waals surface area contributed by atoms with Crippen LogP contribution in [0.5, 0.6) is 0 Å². The standard InChI is InChI=1S/C15H24N4O4S/c1-18(10-13-3-5-16-6-4-13)12-15(20)17-9-14-11-19(7-8-23-14)24(2,21)22/h3-6,14H,7-12H2,1-2H3,(H,17,20)/t14-/m1/s1. The first-order valence-electron chi connectivity index (χ1n) is 7.75. The van der Waals surface area contributed by atoms with E-state index in [0.29, 0.717) is 26.2 Å². The van der Waals surface area contributed by atoms with Gasteiger partial charge in [0.2, 0.25) is 15.9 Å². The molecule has 1 aromatic rings. The first kappa shape index (κ1) is 18.8. The molecule has 0 aliphatic carbocycles. The molecule has 0 bridgehead atoms. The molecule has 1 aromatic heterocycles. The van der Waals surface area contributed by atoms with Gasteiger partial charge in [0, 0.05) is 38.6 Å². The summed E-state index contributed by atoms with van der Waals surface area (Å²) >= 11 is 0. The van der Waals surface area contributed by atoms with Crippen LogP contribution in [-0.2, 0) is 26.1 Å². The molecular formula is C15H24N4O4S. The molecule has 1 aliphatic rings. The van der Waals surface area contributed by atoms with Gasteiger partial charge in [-0.3, -0.25) is 14.7 Å². The highest BCUT2D eigenvalue weighted by Crippen LogP contribution is 2.08. The Morgan fingerprint density at radius 1 is 1.46 bits per heavy atom. The molecule has 0 saturated carbocycles. The Labute approximate surface area is 142 Å². The smallest absolute Gasteiger partial charge is 0.234 e. The molecule has 1 atom stereocenters. The Bertz CT molecular complexity index is 638. The topological polar surface area (TPSA) is 91.8 Å². The number of carbonyl (C=O) groups is 1. The molecule has 1 aliphatic heterocycles. The van der Waals surface area contributed by atoms with Gasteiger partial charge in [0.25, 0.3) is 0 Å². The highest BCUT2D eigenvalue weighted by molar-refractivity contribution is 7.88. The molecule has 9 heteroatoms. The second kappa shape index (κ2) is 8.52. The minimum absolute atomic E-state index is 0.119. The summed E-state index contributed by atoms with van der Waals surface area (Å²) in [7, 11) is -1.36. The van der Waals surface area contributed by atoms with Crippen LogP contribution in [0.25, 0.3) is 0 Å². The lowest BCUT2D eigenvalue weighted by Crippen LogP contribution is -2.50. The highest BCUT2D eigenvalue weighted by Gasteiger charge is 2.26. The fourth-order valence-electron chi connectivity index (χ4n) is 2.50. The van der Waals surface area contributed by atoms with Crippen LogP contribution in [0, 0.1) is 0 Å². The number of likely N-dealkylation sites (N-methyl/N-ethyl adjacent to an activating group) is 1. The van der Waals surface area contributed by atoms with Crippen LogP contribution in [0.15, 0.2) is 24.5 Å². The van der Waals surface area contributed by atoms with Crippen LogP contribution in [0.1, 0.15) is 5.56 Å². The van der Waals surface area contributed by atoms with Crippen molar-refractivity contribution in [2.75, 3.05) is 46.1 Å². The maximum Gasteiger partial charge on any atom is 0.234 e. The second-order valence-electron chi connectivity index (χ2n) is 5.95. The van der Waals surface area contributed by atoms with E-state index < -0.39 is 10.0 Å². The molecule has 1 N–H and O–H groups in total. The summed E-state index contributed by atoms with van der Waals surface area (Å²) in [5.41, 5.74) is 1.08. The van der Waals surface area contributed by atoms with Gasteiger partial charge in [-0.2, -0.15) is 4.31 Å². The molecule has 134 valence electrons. The number of hydrogen-bond donors (Lipinski definition) is 1. The lowest BCUT2D eigenvalue weighted by atomic mass is 10.2. The maximum absolute atomic E-state index is 12.0. The number of hydrogen-bond acceptors (Lipinski definition) is 6. The van der Waals surface area contributed by atoms with Crippen LogP contribution in [-0.4, -0.2) is 80.7 Å². The van der Waals surface area contributed by atoms with Crippen molar-refractivity contribution < 1.29 is 17.9 Å². The number of morpholine rings is 1. The summed E-state index contributed by atoms with van der Waals surface area (Å²) in [4.78, 5) is 17.9. The molecule has 0 spiro atoms. The van der Waals surface area contributed by atoms with E-state index in [4.69, 9.17) is 4.74 Å². The number of carbonyl (C=O) groups excluding carboxylic acids is 1. The third-order valence-electron chi connectivity index (χ3n) is 3.71. The van der Waals surface area contributed by atoms with Gasteiger partial charge in [-0.15, -0.1) is 0 Å². The average Bonchev–Trinajstić information content (AvgIpc) is 2.53. The fraction of sp³-hybridized carbons (Fsp3) is 0.600. The van der Waals surface area contributed by atoms with Crippen molar-refractivity contribution >= 4 is 15.9 Å². The monoisotopic (exact) mass is 356 g/mol. The molecular weight excluding hydrogens is 332 g/mol. The number of nitrogens with one attached hydrogen (secondary N) is 1. The van der Waals surface area contributed by atoms with Gasteiger partial charge in [0.05, 0.1) is 25.5 Å². The Morgan fingerprint density at radius 3 is 2.83 bits per heavy atom. The van der Waals surface area contributed by atoms with E-state index in [1.54, 1.807) is 12.4 Å². The van der Waals surface area contributed by atoms with Crippen LogP contribution in [0.2, 0.25) is 0 Å². The van der Waals surface area contributed by atoms with E-state index in [-0.39, 0.29) is 25.1 Å². The molecule has 24 heavy (non-hydrogen) atoms. The van der Waals surface area contributed by atoms with Crippen molar-refractivity contribution in [1.82, 2.24) is 19.5 Å². The summed E-state index contributed by atoms with van der Waals surface area (Å²) in [6, 6.07) is 3.81. The van der Waals surface area contributed by atoms with E-state index in [1.165, 1.54) is 10.6 Å². The SMILES string of the molecule is CN(CC(=O)NC[C@@H]1CN(S(C)(=O)=O)CCO1)Cc1ccncc1. The number of sulfonamides is 1. The van der Waals surface area contributed by atoms with Crippen molar-refractivity contribution in [2.24, 2.45) is 0 Å². The van der Waals surface area contributed by atoms with E-state index in [1.807, 2.05) is 24.1 Å². The number of ether oxygens (including phenoxy) is 1. The fourth-order valence-corrected chi connectivity index (χ4v) is 3.34. The number of nitrogens with zero attached hydrogens (tertiary/aromatic N) is 3. The zero-order valence-electron chi connectivity index (χ0n) is 14.0. The van der Waals surface area contributed by atoms with Crippen molar-refractivity contribution in [3.63, 3.8) is 0 Å². The average molecular weight is 356 g/mol. The number of rotatable bonds is 7. The molecule has 0 radical (unpaired) electrons. The summed E-state index contributed by atoms with van der Waals surface area (Å²) in [5.74, 6) is -0.119. The highest BCUT2D eigenvalue weighted by atomic mass is 32.2. The second-order valence-corrected chi connectivity index (χ2v) is 7.93. The molecule has 1 fully saturated rings. The lowest BCUT2D eigenvalue weighted by molar-refractivity contribution is -0.123. The molecule has 0 unspecified atom stereocenters. The Kier molecular flexibility index (Phi) is 6.67. The van der Waals surface area contributed by atoms with Crippen molar-refractivity contribution in [1.29, 1.82) is 0 Å². The van der Waals surface area contributed by atoms with Crippen molar-refractivity contribution in [3.05, 3.63) is 30.1 Å². The van der Waals surface area contributed by atoms with Crippen LogP contribution in [0.3, 0.4) is 0 Å². The maximum atomic E-state index is 12.0. The van der Waals surface area contributed by atoms with Gasteiger partial charge in [-0.1, -0.05) is 0 Å². The van der Waals surface area contributed by atoms with E-state index in [0.717, 1.165) is 5.56 Å². The first-order chi connectivity index (χ1) is 11.3. The van der Waals surface area contributed by atoms with Gasteiger partial charge in [-0.05, 0) is 24.7 Å².